The van der Waals surface area contributed by atoms with Crippen molar-refractivity contribution in [1.29, 1.82) is 0 Å². The summed E-state index contributed by atoms with van der Waals surface area (Å²) in [5.74, 6) is 0.315. The van der Waals surface area contributed by atoms with Gasteiger partial charge in [0.2, 0.25) is 0 Å². The molecule has 2 rings (SSSR count). The van der Waals surface area contributed by atoms with Crippen LogP contribution in [0.4, 0.5) is 0 Å². The van der Waals surface area contributed by atoms with Crippen molar-refractivity contribution in [1.82, 2.24) is 4.98 Å². The van der Waals surface area contributed by atoms with E-state index in [0.29, 0.717) is 5.92 Å². The van der Waals surface area contributed by atoms with Gasteiger partial charge < -0.3 is 4.74 Å². The van der Waals surface area contributed by atoms with Crippen LogP contribution in [-0.4, -0.2) is 17.1 Å². The van der Waals surface area contributed by atoms with E-state index >= 15 is 0 Å². The molecular weight excluding hydrogens is 274 g/mol. The Morgan fingerprint density at radius 3 is 2.55 bits per heavy atom. The zero-order valence-corrected chi connectivity index (χ0v) is 14.2. The SMILES string of the molecule is CCC(C)(CC(C)c1ccncc1)C(=O)OC1CCCCC1. The highest BCUT2D eigenvalue weighted by atomic mass is 16.5. The lowest BCUT2D eigenvalue weighted by Gasteiger charge is -2.32. The minimum atomic E-state index is -0.403. The number of hydrogen-bond acceptors (Lipinski definition) is 3. The molecule has 0 N–H and O–H groups in total. The maximum atomic E-state index is 12.7. The van der Waals surface area contributed by atoms with Crippen LogP contribution < -0.4 is 0 Å². The summed E-state index contributed by atoms with van der Waals surface area (Å²) in [5, 5.41) is 0. The summed E-state index contributed by atoms with van der Waals surface area (Å²) in [7, 11) is 0. The van der Waals surface area contributed by atoms with Crippen molar-refractivity contribution in [3.63, 3.8) is 0 Å². The summed E-state index contributed by atoms with van der Waals surface area (Å²) >= 11 is 0. The third kappa shape index (κ3) is 4.31. The minimum absolute atomic E-state index is 0.0113. The van der Waals surface area contributed by atoms with E-state index in [1.807, 2.05) is 24.5 Å². The number of hydrogen-bond donors (Lipinski definition) is 0. The third-order valence-electron chi connectivity index (χ3n) is 5.13. The molecular formula is C19H29NO2. The van der Waals surface area contributed by atoms with Crippen LogP contribution in [0.2, 0.25) is 0 Å². The van der Waals surface area contributed by atoms with E-state index in [1.165, 1.54) is 24.8 Å². The summed E-state index contributed by atoms with van der Waals surface area (Å²) < 4.78 is 5.83. The van der Waals surface area contributed by atoms with Gasteiger partial charge >= 0.3 is 5.97 Å². The van der Waals surface area contributed by atoms with Gasteiger partial charge in [0.05, 0.1) is 5.41 Å². The summed E-state index contributed by atoms with van der Waals surface area (Å²) in [6, 6.07) is 4.07. The second kappa shape index (κ2) is 7.75. The Hall–Kier alpha value is -1.38. The summed E-state index contributed by atoms with van der Waals surface area (Å²) in [4.78, 5) is 16.8. The van der Waals surface area contributed by atoms with E-state index in [0.717, 1.165) is 25.7 Å². The molecule has 1 aromatic heterocycles. The lowest BCUT2D eigenvalue weighted by atomic mass is 9.77. The van der Waals surface area contributed by atoms with Crippen LogP contribution in [0.25, 0.3) is 0 Å². The van der Waals surface area contributed by atoms with Crippen molar-refractivity contribution in [2.24, 2.45) is 5.41 Å². The van der Waals surface area contributed by atoms with Crippen molar-refractivity contribution in [3.05, 3.63) is 30.1 Å². The molecule has 22 heavy (non-hydrogen) atoms. The molecule has 1 saturated carbocycles. The van der Waals surface area contributed by atoms with Crippen LogP contribution in [-0.2, 0) is 9.53 Å². The number of carbonyl (C=O) groups is 1. The van der Waals surface area contributed by atoms with Gasteiger partial charge in [0.15, 0.2) is 0 Å². The van der Waals surface area contributed by atoms with Gasteiger partial charge in [-0.15, -0.1) is 0 Å². The third-order valence-corrected chi connectivity index (χ3v) is 5.13. The molecule has 2 atom stereocenters. The summed E-state index contributed by atoms with van der Waals surface area (Å²) in [6.45, 7) is 6.31. The molecule has 0 spiro atoms. The van der Waals surface area contributed by atoms with Crippen LogP contribution in [0.3, 0.4) is 0 Å². The number of carbonyl (C=O) groups excluding carboxylic acids is 1. The molecule has 2 unspecified atom stereocenters. The Morgan fingerprint density at radius 1 is 1.32 bits per heavy atom. The van der Waals surface area contributed by atoms with Crippen molar-refractivity contribution < 1.29 is 9.53 Å². The van der Waals surface area contributed by atoms with Gasteiger partial charge in [0.1, 0.15) is 6.10 Å². The van der Waals surface area contributed by atoms with Crippen LogP contribution in [0.1, 0.15) is 77.2 Å². The van der Waals surface area contributed by atoms with Crippen LogP contribution in [0, 0.1) is 5.41 Å². The van der Waals surface area contributed by atoms with Gasteiger partial charge in [-0.2, -0.15) is 0 Å². The fourth-order valence-electron chi connectivity index (χ4n) is 3.33. The Balaban J connectivity index is 1.98. The van der Waals surface area contributed by atoms with E-state index in [-0.39, 0.29) is 12.1 Å². The Bertz CT molecular complexity index is 468. The first-order chi connectivity index (χ1) is 10.5. The molecule has 0 saturated heterocycles. The number of esters is 1. The fraction of sp³-hybridized carbons (Fsp3) is 0.684. The molecule has 0 aromatic carbocycles. The zero-order chi connectivity index (χ0) is 16.0. The molecule has 0 bridgehead atoms. The molecule has 1 aliphatic carbocycles. The van der Waals surface area contributed by atoms with Gasteiger partial charge in [-0.05, 0) is 69.1 Å². The largest absolute Gasteiger partial charge is 0.462 e. The lowest BCUT2D eigenvalue weighted by molar-refractivity contribution is -0.163. The van der Waals surface area contributed by atoms with E-state index < -0.39 is 5.41 Å². The topological polar surface area (TPSA) is 39.2 Å². The lowest BCUT2D eigenvalue weighted by Crippen LogP contribution is -2.34. The van der Waals surface area contributed by atoms with Gasteiger partial charge in [0.25, 0.3) is 0 Å². The Kier molecular flexibility index (Phi) is 5.98. The van der Waals surface area contributed by atoms with E-state index in [1.54, 1.807) is 0 Å². The van der Waals surface area contributed by atoms with E-state index in [4.69, 9.17) is 4.74 Å². The van der Waals surface area contributed by atoms with Gasteiger partial charge in [0, 0.05) is 12.4 Å². The average molecular weight is 303 g/mol. The first kappa shape index (κ1) is 17.0. The molecule has 0 amide bonds. The monoisotopic (exact) mass is 303 g/mol. The minimum Gasteiger partial charge on any atom is -0.462 e. The van der Waals surface area contributed by atoms with Crippen LogP contribution in [0.15, 0.2) is 24.5 Å². The normalized spacial score (nSPS) is 20.1. The second-order valence-corrected chi connectivity index (χ2v) is 6.97. The molecule has 0 aliphatic heterocycles. The number of rotatable bonds is 6. The van der Waals surface area contributed by atoms with Crippen molar-refractivity contribution >= 4 is 5.97 Å². The summed E-state index contributed by atoms with van der Waals surface area (Å²) in [5.41, 5.74) is 0.834. The second-order valence-electron chi connectivity index (χ2n) is 6.97. The van der Waals surface area contributed by atoms with Gasteiger partial charge in [-0.3, -0.25) is 9.78 Å². The highest BCUT2D eigenvalue weighted by Crippen LogP contribution is 2.36. The molecule has 1 fully saturated rings. The van der Waals surface area contributed by atoms with Crippen molar-refractivity contribution in [2.75, 3.05) is 0 Å². The predicted octanol–water partition coefficient (Wildman–Crippen LogP) is 4.87. The highest BCUT2D eigenvalue weighted by Gasteiger charge is 2.36. The number of nitrogens with zero attached hydrogens (tertiary/aromatic N) is 1. The molecule has 1 heterocycles. The smallest absolute Gasteiger partial charge is 0.312 e. The zero-order valence-electron chi connectivity index (χ0n) is 14.2. The molecule has 122 valence electrons. The quantitative estimate of drug-likeness (QED) is 0.704. The maximum absolute atomic E-state index is 12.7. The number of pyridine rings is 1. The molecule has 3 heteroatoms. The number of aromatic nitrogens is 1. The number of ether oxygens (including phenoxy) is 1. The fourth-order valence-corrected chi connectivity index (χ4v) is 3.33. The van der Waals surface area contributed by atoms with Crippen LogP contribution in [0.5, 0.6) is 0 Å². The highest BCUT2D eigenvalue weighted by molar-refractivity contribution is 5.76. The van der Waals surface area contributed by atoms with E-state index in [2.05, 4.69) is 25.8 Å². The van der Waals surface area contributed by atoms with Crippen molar-refractivity contribution in [3.8, 4) is 0 Å². The first-order valence-corrected chi connectivity index (χ1v) is 8.66. The molecule has 1 aliphatic rings. The van der Waals surface area contributed by atoms with Gasteiger partial charge in [-0.25, -0.2) is 0 Å². The molecule has 0 radical (unpaired) electrons. The van der Waals surface area contributed by atoms with E-state index in [9.17, 15) is 4.79 Å². The molecule has 1 aromatic rings. The maximum Gasteiger partial charge on any atom is 0.312 e. The Labute approximate surface area is 134 Å². The summed E-state index contributed by atoms with van der Waals surface area (Å²) in [6.07, 6.45) is 11.1. The first-order valence-electron chi connectivity index (χ1n) is 8.66. The van der Waals surface area contributed by atoms with Gasteiger partial charge in [-0.1, -0.05) is 20.3 Å². The predicted molar refractivity (Wildman–Crippen MR) is 88.6 cm³/mol. The Morgan fingerprint density at radius 2 is 1.95 bits per heavy atom. The molecule has 3 nitrogen and oxygen atoms in total. The van der Waals surface area contributed by atoms with Crippen LogP contribution >= 0.6 is 0 Å². The average Bonchev–Trinajstić information content (AvgIpc) is 2.56. The van der Waals surface area contributed by atoms with Crippen molar-refractivity contribution in [2.45, 2.75) is 77.7 Å². The standard InChI is InChI=1S/C19H29NO2/c1-4-19(3,14-15(2)16-10-12-20-13-11-16)18(21)22-17-8-6-5-7-9-17/h10-13,15,17H,4-9,14H2,1-3H3.